The van der Waals surface area contributed by atoms with Gasteiger partial charge in [0, 0.05) is 23.4 Å². The third kappa shape index (κ3) is 2.77. The maximum Gasteiger partial charge on any atom is 0.191 e. The Bertz CT molecular complexity index is 656. The Morgan fingerprint density at radius 1 is 1.19 bits per heavy atom. The van der Waals surface area contributed by atoms with Gasteiger partial charge in [-0.1, -0.05) is 11.8 Å². The number of nitrogens with two attached hydrogens (primary N) is 1. The molecule has 2 aliphatic rings. The van der Waals surface area contributed by atoms with Crippen LogP contribution in [-0.4, -0.2) is 14.8 Å². The standard InChI is InChI=1S/C15H17FN4S/c16-11-5-9(6-12(17)7-11)8-21-15-19-18-14(10-1-2-10)20(15)13-3-4-13/h5-7,10,13H,1-4,8,17H2. The van der Waals surface area contributed by atoms with Crippen LogP contribution in [0.15, 0.2) is 23.4 Å². The molecule has 21 heavy (non-hydrogen) atoms. The molecule has 2 saturated carbocycles. The molecule has 0 unspecified atom stereocenters. The molecule has 2 aliphatic carbocycles. The molecule has 2 N–H and O–H groups in total. The Labute approximate surface area is 126 Å². The molecule has 1 aromatic carbocycles. The lowest BCUT2D eigenvalue weighted by atomic mass is 10.2. The Morgan fingerprint density at radius 2 is 2.00 bits per heavy atom. The van der Waals surface area contributed by atoms with Gasteiger partial charge in [-0.2, -0.15) is 0 Å². The number of nitrogen functional groups attached to an aromatic ring is 1. The van der Waals surface area contributed by atoms with Crippen molar-refractivity contribution in [2.75, 3.05) is 5.73 Å². The van der Waals surface area contributed by atoms with Gasteiger partial charge in [0.15, 0.2) is 5.16 Å². The highest BCUT2D eigenvalue weighted by atomic mass is 32.2. The zero-order chi connectivity index (χ0) is 14.4. The van der Waals surface area contributed by atoms with Crippen molar-refractivity contribution in [1.82, 2.24) is 14.8 Å². The summed E-state index contributed by atoms with van der Waals surface area (Å²) in [5, 5.41) is 9.69. The molecule has 4 nitrogen and oxygen atoms in total. The second-order valence-corrected chi connectivity index (χ2v) is 6.84. The van der Waals surface area contributed by atoms with E-state index in [0.29, 0.717) is 23.4 Å². The first-order chi connectivity index (χ1) is 10.2. The van der Waals surface area contributed by atoms with E-state index in [4.69, 9.17) is 5.73 Å². The molecule has 0 bridgehead atoms. The summed E-state index contributed by atoms with van der Waals surface area (Å²) in [6, 6.07) is 5.26. The van der Waals surface area contributed by atoms with Crippen LogP contribution in [0, 0.1) is 5.82 Å². The molecule has 1 aromatic heterocycles. The lowest BCUT2D eigenvalue weighted by molar-refractivity contribution is 0.625. The van der Waals surface area contributed by atoms with Gasteiger partial charge in [0.1, 0.15) is 11.6 Å². The zero-order valence-electron chi connectivity index (χ0n) is 11.6. The summed E-state index contributed by atoms with van der Waals surface area (Å²) in [4.78, 5) is 0. The second-order valence-electron chi connectivity index (χ2n) is 5.90. The normalized spacial score (nSPS) is 18.1. The van der Waals surface area contributed by atoms with Gasteiger partial charge in [0.05, 0.1) is 0 Å². The molecule has 0 atom stereocenters. The fourth-order valence-corrected chi connectivity index (χ4v) is 3.53. The summed E-state index contributed by atoms with van der Waals surface area (Å²) in [5.74, 6) is 2.14. The maximum absolute atomic E-state index is 13.4. The highest BCUT2D eigenvalue weighted by Gasteiger charge is 2.36. The van der Waals surface area contributed by atoms with Crippen molar-refractivity contribution < 1.29 is 4.39 Å². The molecule has 2 fully saturated rings. The lowest BCUT2D eigenvalue weighted by Gasteiger charge is -2.08. The first-order valence-corrected chi connectivity index (χ1v) is 8.32. The Morgan fingerprint density at radius 3 is 2.67 bits per heavy atom. The highest BCUT2D eigenvalue weighted by Crippen LogP contribution is 2.46. The Balaban J connectivity index is 1.54. The first kappa shape index (κ1) is 13.1. The van der Waals surface area contributed by atoms with E-state index < -0.39 is 0 Å². The summed E-state index contributed by atoms with van der Waals surface area (Å²) in [5.41, 5.74) is 7.04. The average Bonchev–Trinajstić information content (AvgIpc) is 3.34. The average molecular weight is 304 g/mol. The topological polar surface area (TPSA) is 56.7 Å². The molecule has 0 radical (unpaired) electrons. The van der Waals surface area contributed by atoms with Crippen molar-refractivity contribution in [3.05, 3.63) is 35.4 Å². The molecule has 0 saturated heterocycles. The first-order valence-electron chi connectivity index (χ1n) is 7.33. The minimum atomic E-state index is -0.284. The number of anilines is 1. The molecule has 0 amide bonds. The molecular weight excluding hydrogens is 287 g/mol. The number of thioether (sulfide) groups is 1. The van der Waals surface area contributed by atoms with Gasteiger partial charge in [0.2, 0.25) is 0 Å². The van der Waals surface area contributed by atoms with Gasteiger partial charge in [0.25, 0.3) is 0 Å². The van der Waals surface area contributed by atoms with Gasteiger partial charge in [-0.05, 0) is 49.4 Å². The van der Waals surface area contributed by atoms with Crippen LogP contribution < -0.4 is 5.73 Å². The van der Waals surface area contributed by atoms with E-state index in [1.165, 1.54) is 37.8 Å². The van der Waals surface area contributed by atoms with Gasteiger partial charge >= 0.3 is 0 Å². The molecule has 1 heterocycles. The van der Waals surface area contributed by atoms with E-state index in [1.807, 2.05) is 6.07 Å². The summed E-state index contributed by atoms with van der Waals surface area (Å²) in [6.45, 7) is 0. The van der Waals surface area contributed by atoms with E-state index in [2.05, 4.69) is 14.8 Å². The fraction of sp³-hybridized carbons (Fsp3) is 0.467. The minimum Gasteiger partial charge on any atom is -0.399 e. The number of hydrogen-bond donors (Lipinski definition) is 1. The summed E-state index contributed by atoms with van der Waals surface area (Å²) < 4.78 is 15.7. The SMILES string of the molecule is Nc1cc(F)cc(CSc2nnc(C3CC3)n2C2CC2)c1. The molecule has 4 rings (SSSR count). The van der Waals surface area contributed by atoms with Crippen molar-refractivity contribution in [1.29, 1.82) is 0 Å². The van der Waals surface area contributed by atoms with Crippen LogP contribution in [0.25, 0.3) is 0 Å². The Kier molecular flexibility index (Phi) is 3.14. The van der Waals surface area contributed by atoms with E-state index in [-0.39, 0.29) is 5.82 Å². The number of aromatic nitrogens is 3. The van der Waals surface area contributed by atoms with Crippen LogP contribution in [0.4, 0.5) is 10.1 Å². The van der Waals surface area contributed by atoms with E-state index >= 15 is 0 Å². The van der Waals surface area contributed by atoms with E-state index in [1.54, 1.807) is 11.8 Å². The zero-order valence-corrected chi connectivity index (χ0v) is 12.4. The van der Waals surface area contributed by atoms with E-state index in [0.717, 1.165) is 16.5 Å². The van der Waals surface area contributed by atoms with Crippen LogP contribution in [0.3, 0.4) is 0 Å². The number of rotatable bonds is 5. The largest absolute Gasteiger partial charge is 0.399 e. The van der Waals surface area contributed by atoms with Gasteiger partial charge in [-0.25, -0.2) is 4.39 Å². The maximum atomic E-state index is 13.4. The van der Waals surface area contributed by atoms with Crippen LogP contribution in [0.5, 0.6) is 0 Å². The third-order valence-electron chi connectivity index (χ3n) is 3.89. The van der Waals surface area contributed by atoms with Crippen LogP contribution in [0.2, 0.25) is 0 Å². The molecule has 2 aromatic rings. The van der Waals surface area contributed by atoms with Crippen molar-refractivity contribution in [2.45, 2.75) is 48.6 Å². The number of hydrogen-bond acceptors (Lipinski definition) is 4. The summed E-state index contributed by atoms with van der Waals surface area (Å²) in [7, 11) is 0. The number of nitrogens with zero attached hydrogens (tertiary/aromatic N) is 3. The molecule has 6 heteroatoms. The molecule has 0 spiro atoms. The Hall–Kier alpha value is -1.56. The monoisotopic (exact) mass is 304 g/mol. The lowest BCUT2D eigenvalue weighted by Crippen LogP contribution is -2.02. The summed E-state index contributed by atoms with van der Waals surface area (Å²) in [6.07, 6.45) is 4.91. The van der Waals surface area contributed by atoms with Crippen molar-refractivity contribution in [3.8, 4) is 0 Å². The second kappa shape index (κ2) is 5.02. The van der Waals surface area contributed by atoms with E-state index in [9.17, 15) is 4.39 Å². The fourth-order valence-electron chi connectivity index (χ4n) is 2.59. The van der Waals surface area contributed by atoms with Crippen molar-refractivity contribution in [2.24, 2.45) is 0 Å². The highest BCUT2D eigenvalue weighted by molar-refractivity contribution is 7.98. The molecular formula is C15H17FN4S. The number of benzene rings is 1. The molecule has 0 aliphatic heterocycles. The van der Waals surface area contributed by atoms with Gasteiger partial charge < -0.3 is 10.3 Å². The number of halogens is 1. The quantitative estimate of drug-likeness (QED) is 0.678. The smallest absolute Gasteiger partial charge is 0.191 e. The van der Waals surface area contributed by atoms with Crippen LogP contribution in [0.1, 0.15) is 49.0 Å². The van der Waals surface area contributed by atoms with Crippen LogP contribution >= 0.6 is 11.8 Å². The van der Waals surface area contributed by atoms with Crippen molar-refractivity contribution >= 4 is 17.4 Å². The summed E-state index contributed by atoms with van der Waals surface area (Å²) >= 11 is 1.62. The minimum absolute atomic E-state index is 0.284. The predicted molar refractivity (Wildman–Crippen MR) is 80.6 cm³/mol. The van der Waals surface area contributed by atoms with Gasteiger partial charge in [-0.15, -0.1) is 10.2 Å². The van der Waals surface area contributed by atoms with Crippen LogP contribution in [-0.2, 0) is 5.75 Å². The third-order valence-corrected chi connectivity index (χ3v) is 4.91. The van der Waals surface area contributed by atoms with Crippen molar-refractivity contribution in [3.63, 3.8) is 0 Å². The molecule has 110 valence electrons. The predicted octanol–water partition coefficient (Wildman–Crippen LogP) is 3.50. The van der Waals surface area contributed by atoms with Gasteiger partial charge in [-0.3, -0.25) is 0 Å².